The van der Waals surface area contributed by atoms with E-state index in [1.165, 1.54) is 18.4 Å². The zero-order chi connectivity index (χ0) is 17.1. The second kappa shape index (κ2) is 7.37. The van der Waals surface area contributed by atoms with E-state index < -0.39 is 0 Å². The molecule has 1 saturated heterocycles. The van der Waals surface area contributed by atoms with Gasteiger partial charge in [-0.05, 0) is 42.9 Å². The van der Waals surface area contributed by atoms with Crippen molar-refractivity contribution in [1.29, 1.82) is 0 Å². The lowest BCUT2D eigenvalue weighted by atomic mass is 10.0. The molecule has 1 aromatic rings. The summed E-state index contributed by atoms with van der Waals surface area (Å²) in [5, 5.41) is 2.96. The van der Waals surface area contributed by atoms with Crippen LogP contribution in [0.1, 0.15) is 57.4 Å². The van der Waals surface area contributed by atoms with Crippen LogP contribution in [0.4, 0.5) is 5.69 Å². The normalized spacial score (nSPS) is 23.7. The first-order valence-corrected chi connectivity index (χ1v) is 9.26. The summed E-state index contributed by atoms with van der Waals surface area (Å²) in [7, 11) is 0. The lowest BCUT2D eigenvalue weighted by Gasteiger charge is -2.20. The molecule has 1 aliphatic carbocycles. The SMILES string of the molecule is CC(C)c1ccc(NC(=O)C2CC2C(=O)N2CCCCCC2)cc1. The van der Waals surface area contributed by atoms with Crippen LogP contribution in [0.5, 0.6) is 0 Å². The third kappa shape index (κ3) is 3.97. The predicted molar refractivity (Wildman–Crippen MR) is 95.8 cm³/mol. The van der Waals surface area contributed by atoms with E-state index >= 15 is 0 Å². The predicted octanol–water partition coefficient (Wildman–Crippen LogP) is 3.79. The lowest BCUT2D eigenvalue weighted by molar-refractivity contribution is -0.134. The van der Waals surface area contributed by atoms with Gasteiger partial charge >= 0.3 is 0 Å². The molecule has 0 aromatic heterocycles. The van der Waals surface area contributed by atoms with Gasteiger partial charge < -0.3 is 10.2 Å². The summed E-state index contributed by atoms with van der Waals surface area (Å²) in [5.41, 5.74) is 2.07. The molecule has 130 valence electrons. The number of benzene rings is 1. The van der Waals surface area contributed by atoms with Crippen LogP contribution in [0.15, 0.2) is 24.3 Å². The van der Waals surface area contributed by atoms with Gasteiger partial charge in [-0.15, -0.1) is 0 Å². The minimum Gasteiger partial charge on any atom is -0.342 e. The molecule has 0 spiro atoms. The molecule has 2 fully saturated rings. The molecule has 4 heteroatoms. The van der Waals surface area contributed by atoms with Crippen LogP contribution in [-0.4, -0.2) is 29.8 Å². The van der Waals surface area contributed by atoms with Crippen molar-refractivity contribution in [3.63, 3.8) is 0 Å². The van der Waals surface area contributed by atoms with E-state index in [-0.39, 0.29) is 23.7 Å². The lowest BCUT2D eigenvalue weighted by Crippen LogP contribution is -2.34. The fraction of sp³-hybridized carbons (Fsp3) is 0.600. The topological polar surface area (TPSA) is 49.4 Å². The molecule has 2 aliphatic rings. The molecule has 4 nitrogen and oxygen atoms in total. The van der Waals surface area contributed by atoms with Gasteiger partial charge in [0, 0.05) is 18.8 Å². The summed E-state index contributed by atoms with van der Waals surface area (Å²) in [4.78, 5) is 26.9. The van der Waals surface area contributed by atoms with E-state index in [9.17, 15) is 9.59 Å². The highest BCUT2D eigenvalue weighted by atomic mass is 16.2. The highest BCUT2D eigenvalue weighted by Gasteiger charge is 2.49. The van der Waals surface area contributed by atoms with Gasteiger partial charge in [0.1, 0.15) is 0 Å². The molecule has 1 saturated carbocycles. The monoisotopic (exact) mass is 328 g/mol. The second-order valence-corrected chi connectivity index (χ2v) is 7.45. The maximum Gasteiger partial charge on any atom is 0.228 e. The van der Waals surface area contributed by atoms with Crippen LogP contribution in [0.2, 0.25) is 0 Å². The Balaban J connectivity index is 1.52. The number of nitrogens with zero attached hydrogens (tertiary/aromatic N) is 1. The molecule has 1 N–H and O–H groups in total. The van der Waals surface area contributed by atoms with Gasteiger partial charge in [-0.3, -0.25) is 9.59 Å². The Morgan fingerprint density at radius 1 is 1.00 bits per heavy atom. The van der Waals surface area contributed by atoms with Crippen molar-refractivity contribution in [2.45, 2.75) is 51.9 Å². The van der Waals surface area contributed by atoms with Crippen molar-refractivity contribution in [2.24, 2.45) is 11.8 Å². The smallest absolute Gasteiger partial charge is 0.228 e. The maximum atomic E-state index is 12.5. The van der Waals surface area contributed by atoms with Gasteiger partial charge in [-0.2, -0.15) is 0 Å². The molecule has 2 amide bonds. The summed E-state index contributed by atoms with van der Waals surface area (Å²) >= 11 is 0. The van der Waals surface area contributed by atoms with E-state index in [1.54, 1.807) is 0 Å². The van der Waals surface area contributed by atoms with Gasteiger partial charge in [0.15, 0.2) is 0 Å². The Morgan fingerprint density at radius 2 is 1.62 bits per heavy atom. The van der Waals surface area contributed by atoms with E-state index in [0.29, 0.717) is 12.3 Å². The summed E-state index contributed by atoms with van der Waals surface area (Å²) < 4.78 is 0. The second-order valence-electron chi connectivity index (χ2n) is 7.45. The number of carbonyl (C=O) groups is 2. The maximum absolute atomic E-state index is 12.5. The molecule has 1 aliphatic heterocycles. The van der Waals surface area contributed by atoms with Crippen molar-refractivity contribution in [3.8, 4) is 0 Å². The van der Waals surface area contributed by atoms with Gasteiger partial charge in [0.25, 0.3) is 0 Å². The first kappa shape index (κ1) is 17.0. The van der Waals surface area contributed by atoms with E-state index in [2.05, 4.69) is 19.2 Å². The van der Waals surface area contributed by atoms with Crippen LogP contribution in [0.3, 0.4) is 0 Å². The van der Waals surface area contributed by atoms with Crippen LogP contribution < -0.4 is 5.32 Å². The Hall–Kier alpha value is -1.84. The molecule has 0 radical (unpaired) electrons. The molecule has 3 rings (SSSR count). The Kier molecular flexibility index (Phi) is 5.22. The molecule has 1 heterocycles. The molecule has 2 unspecified atom stereocenters. The van der Waals surface area contributed by atoms with Crippen LogP contribution >= 0.6 is 0 Å². The minimum atomic E-state index is -0.148. The average molecular weight is 328 g/mol. The first-order valence-electron chi connectivity index (χ1n) is 9.26. The third-order valence-corrected chi connectivity index (χ3v) is 5.21. The van der Waals surface area contributed by atoms with Gasteiger partial charge in [0.2, 0.25) is 11.8 Å². The zero-order valence-electron chi connectivity index (χ0n) is 14.8. The molecule has 1 aromatic carbocycles. The highest BCUT2D eigenvalue weighted by molar-refractivity contribution is 5.99. The molecule has 0 bridgehead atoms. The largest absolute Gasteiger partial charge is 0.342 e. The fourth-order valence-corrected chi connectivity index (χ4v) is 3.47. The van der Waals surface area contributed by atoms with E-state index in [0.717, 1.165) is 31.6 Å². The molecular weight excluding hydrogens is 300 g/mol. The highest BCUT2D eigenvalue weighted by Crippen LogP contribution is 2.41. The summed E-state index contributed by atoms with van der Waals surface area (Å²) in [6, 6.07) is 7.99. The number of nitrogens with one attached hydrogen (secondary N) is 1. The quantitative estimate of drug-likeness (QED) is 0.914. The van der Waals surface area contributed by atoms with Crippen molar-refractivity contribution in [2.75, 3.05) is 18.4 Å². The molecular formula is C20H28N2O2. The van der Waals surface area contributed by atoms with Crippen LogP contribution in [0, 0.1) is 11.8 Å². The first-order chi connectivity index (χ1) is 11.6. The Bertz CT molecular complexity index is 586. The third-order valence-electron chi connectivity index (χ3n) is 5.21. The molecule has 2 atom stereocenters. The number of likely N-dealkylation sites (tertiary alicyclic amines) is 1. The zero-order valence-corrected chi connectivity index (χ0v) is 14.8. The fourth-order valence-electron chi connectivity index (χ4n) is 3.47. The number of hydrogen-bond donors (Lipinski definition) is 1. The summed E-state index contributed by atoms with van der Waals surface area (Å²) in [6.07, 6.45) is 5.32. The Labute approximate surface area is 144 Å². The number of hydrogen-bond acceptors (Lipinski definition) is 2. The van der Waals surface area contributed by atoms with Crippen molar-refractivity contribution < 1.29 is 9.59 Å². The Morgan fingerprint density at radius 3 is 2.21 bits per heavy atom. The van der Waals surface area contributed by atoms with Gasteiger partial charge in [0.05, 0.1) is 11.8 Å². The number of rotatable bonds is 4. The van der Waals surface area contributed by atoms with E-state index in [1.807, 2.05) is 29.2 Å². The van der Waals surface area contributed by atoms with Crippen LogP contribution in [0.25, 0.3) is 0 Å². The van der Waals surface area contributed by atoms with Gasteiger partial charge in [-0.25, -0.2) is 0 Å². The van der Waals surface area contributed by atoms with Crippen molar-refractivity contribution >= 4 is 17.5 Å². The van der Waals surface area contributed by atoms with Gasteiger partial charge in [-0.1, -0.05) is 38.8 Å². The van der Waals surface area contributed by atoms with Crippen molar-refractivity contribution in [3.05, 3.63) is 29.8 Å². The minimum absolute atomic E-state index is 0.0135. The summed E-state index contributed by atoms with van der Waals surface area (Å²) in [5.74, 6) is 0.407. The number of carbonyl (C=O) groups excluding carboxylic acids is 2. The molecule has 24 heavy (non-hydrogen) atoms. The number of amides is 2. The standard InChI is InChI=1S/C20H28N2O2/c1-14(2)15-7-9-16(10-8-15)21-19(23)17-13-18(17)20(24)22-11-5-3-4-6-12-22/h7-10,14,17-18H,3-6,11-13H2,1-2H3,(H,21,23). The van der Waals surface area contributed by atoms with Crippen LogP contribution in [-0.2, 0) is 9.59 Å². The summed E-state index contributed by atoms with van der Waals surface area (Å²) in [6.45, 7) is 6.02. The van der Waals surface area contributed by atoms with Crippen molar-refractivity contribution in [1.82, 2.24) is 4.90 Å². The van der Waals surface area contributed by atoms with E-state index in [4.69, 9.17) is 0 Å². The number of anilines is 1. The average Bonchev–Trinajstić information content (AvgIpc) is 3.39.